The number of benzene rings is 3. The maximum atomic E-state index is 13.5. The molecule has 3 nitrogen and oxygen atoms in total. The molecule has 0 amide bonds. The van der Waals surface area contributed by atoms with Gasteiger partial charge in [-0.25, -0.2) is 4.98 Å². The first-order chi connectivity index (χ1) is 14.4. The van der Waals surface area contributed by atoms with Gasteiger partial charge in [0.25, 0.3) is 0 Å². The SMILES string of the molecule is COc1ccc(-c2ccc3nc(C(F)(F)F)cc(-c4ccc(OC)cc4)c3c2)cc1. The molecule has 0 bridgehead atoms. The van der Waals surface area contributed by atoms with E-state index in [2.05, 4.69) is 4.98 Å². The van der Waals surface area contributed by atoms with Crippen molar-refractivity contribution >= 4 is 10.9 Å². The van der Waals surface area contributed by atoms with Crippen molar-refractivity contribution in [2.45, 2.75) is 6.18 Å². The molecule has 30 heavy (non-hydrogen) atoms. The molecule has 4 rings (SSSR count). The second-order valence-corrected chi connectivity index (χ2v) is 6.74. The van der Waals surface area contributed by atoms with Gasteiger partial charge in [-0.2, -0.15) is 13.2 Å². The third-order valence-electron chi connectivity index (χ3n) is 4.92. The van der Waals surface area contributed by atoms with Crippen molar-refractivity contribution in [3.05, 3.63) is 78.5 Å². The molecule has 0 aliphatic carbocycles. The predicted molar refractivity (Wildman–Crippen MR) is 111 cm³/mol. The molecule has 1 heterocycles. The zero-order valence-electron chi connectivity index (χ0n) is 16.3. The molecule has 4 aromatic rings. The Balaban J connectivity index is 1.92. The van der Waals surface area contributed by atoms with E-state index in [1.807, 2.05) is 30.3 Å². The monoisotopic (exact) mass is 409 g/mol. The zero-order chi connectivity index (χ0) is 21.3. The van der Waals surface area contributed by atoms with Crippen molar-refractivity contribution in [3.63, 3.8) is 0 Å². The van der Waals surface area contributed by atoms with Crippen molar-refractivity contribution in [1.29, 1.82) is 0 Å². The Bertz CT molecular complexity index is 1180. The molecule has 0 spiro atoms. The lowest BCUT2D eigenvalue weighted by molar-refractivity contribution is -0.140. The van der Waals surface area contributed by atoms with E-state index in [0.29, 0.717) is 22.3 Å². The van der Waals surface area contributed by atoms with Crippen LogP contribution in [0.3, 0.4) is 0 Å². The topological polar surface area (TPSA) is 31.4 Å². The summed E-state index contributed by atoms with van der Waals surface area (Å²) < 4.78 is 50.7. The molecule has 0 aliphatic rings. The van der Waals surface area contributed by atoms with E-state index < -0.39 is 11.9 Å². The number of alkyl halides is 3. The van der Waals surface area contributed by atoms with Gasteiger partial charge in [-0.1, -0.05) is 30.3 Å². The first-order valence-electron chi connectivity index (χ1n) is 9.20. The summed E-state index contributed by atoms with van der Waals surface area (Å²) in [5, 5.41) is 0.640. The van der Waals surface area contributed by atoms with Crippen molar-refractivity contribution in [2.75, 3.05) is 14.2 Å². The highest BCUT2D eigenvalue weighted by Crippen LogP contribution is 2.37. The van der Waals surface area contributed by atoms with Gasteiger partial charge in [-0.05, 0) is 64.7 Å². The first kappa shape index (κ1) is 19.8. The van der Waals surface area contributed by atoms with Crippen LogP contribution in [0.5, 0.6) is 11.5 Å². The largest absolute Gasteiger partial charge is 0.497 e. The Morgan fingerprint density at radius 2 is 1.20 bits per heavy atom. The minimum atomic E-state index is -4.54. The standard InChI is InChI=1S/C24H18F3NO2/c1-29-18-8-3-15(4-9-18)17-7-12-22-21(13-17)20(14-23(28-22)24(25,26)27)16-5-10-19(30-2)11-6-16/h3-14H,1-2H3. The lowest BCUT2D eigenvalue weighted by Gasteiger charge is -2.14. The smallest absolute Gasteiger partial charge is 0.433 e. The van der Waals surface area contributed by atoms with Gasteiger partial charge in [-0.15, -0.1) is 0 Å². The number of fused-ring (bicyclic) bond motifs is 1. The van der Waals surface area contributed by atoms with Gasteiger partial charge in [0.1, 0.15) is 17.2 Å². The molecule has 152 valence electrons. The van der Waals surface area contributed by atoms with Crippen LogP contribution in [0.4, 0.5) is 13.2 Å². The van der Waals surface area contributed by atoms with Crippen LogP contribution in [-0.4, -0.2) is 19.2 Å². The lowest BCUT2D eigenvalue weighted by atomic mass is 9.96. The highest BCUT2D eigenvalue weighted by molar-refractivity contribution is 5.97. The number of hydrogen-bond acceptors (Lipinski definition) is 3. The van der Waals surface area contributed by atoms with Crippen LogP contribution in [0, 0.1) is 0 Å². The Morgan fingerprint density at radius 3 is 1.73 bits per heavy atom. The summed E-state index contributed by atoms with van der Waals surface area (Å²) in [6.45, 7) is 0. The van der Waals surface area contributed by atoms with Crippen LogP contribution in [-0.2, 0) is 6.18 Å². The van der Waals surface area contributed by atoms with E-state index in [1.165, 1.54) is 0 Å². The Kier molecular flexibility index (Phi) is 5.08. The zero-order valence-corrected chi connectivity index (χ0v) is 16.3. The van der Waals surface area contributed by atoms with E-state index in [0.717, 1.165) is 22.9 Å². The van der Waals surface area contributed by atoms with Crippen molar-refractivity contribution in [2.24, 2.45) is 0 Å². The number of halogens is 3. The maximum Gasteiger partial charge on any atom is 0.433 e. The molecule has 0 atom stereocenters. The van der Waals surface area contributed by atoms with Crippen LogP contribution >= 0.6 is 0 Å². The molecule has 6 heteroatoms. The number of nitrogens with zero attached hydrogens (tertiary/aromatic N) is 1. The highest BCUT2D eigenvalue weighted by atomic mass is 19.4. The predicted octanol–water partition coefficient (Wildman–Crippen LogP) is 6.60. The van der Waals surface area contributed by atoms with Gasteiger partial charge < -0.3 is 9.47 Å². The molecule has 3 aromatic carbocycles. The number of ether oxygens (including phenoxy) is 2. The van der Waals surface area contributed by atoms with Gasteiger partial charge in [0.05, 0.1) is 19.7 Å². The molecule has 0 fully saturated rings. The molecule has 0 aliphatic heterocycles. The second kappa shape index (κ2) is 7.71. The van der Waals surface area contributed by atoms with E-state index in [-0.39, 0.29) is 5.52 Å². The normalized spacial score (nSPS) is 11.5. The van der Waals surface area contributed by atoms with Crippen molar-refractivity contribution in [1.82, 2.24) is 4.98 Å². The number of rotatable bonds is 4. The number of aromatic nitrogens is 1. The van der Waals surface area contributed by atoms with E-state index in [4.69, 9.17) is 9.47 Å². The van der Waals surface area contributed by atoms with Crippen LogP contribution in [0.15, 0.2) is 72.8 Å². The van der Waals surface area contributed by atoms with Gasteiger partial charge in [0.2, 0.25) is 0 Å². The molecular weight excluding hydrogens is 391 g/mol. The summed E-state index contributed by atoms with van der Waals surface area (Å²) in [6.07, 6.45) is -4.54. The molecular formula is C24H18F3NO2. The molecule has 0 unspecified atom stereocenters. The molecule has 0 saturated carbocycles. The number of hydrogen-bond donors (Lipinski definition) is 0. The Morgan fingerprint density at radius 1 is 0.667 bits per heavy atom. The highest BCUT2D eigenvalue weighted by Gasteiger charge is 2.33. The van der Waals surface area contributed by atoms with Gasteiger partial charge in [0, 0.05) is 5.39 Å². The first-order valence-corrected chi connectivity index (χ1v) is 9.20. The van der Waals surface area contributed by atoms with Crippen LogP contribution in [0.25, 0.3) is 33.2 Å². The second-order valence-electron chi connectivity index (χ2n) is 6.74. The molecule has 0 N–H and O–H groups in total. The molecule has 0 radical (unpaired) electrons. The van der Waals surface area contributed by atoms with Crippen molar-refractivity contribution < 1.29 is 22.6 Å². The van der Waals surface area contributed by atoms with Gasteiger partial charge in [0.15, 0.2) is 0 Å². The Hall–Kier alpha value is -3.54. The summed E-state index contributed by atoms with van der Waals surface area (Å²) in [5.41, 5.74) is 2.29. The van der Waals surface area contributed by atoms with E-state index in [9.17, 15) is 13.2 Å². The van der Waals surface area contributed by atoms with Crippen LogP contribution < -0.4 is 9.47 Å². The fourth-order valence-electron chi connectivity index (χ4n) is 3.34. The number of methoxy groups -OCH3 is 2. The summed E-state index contributed by atoms with van der Waals surface area (Å²) in [4.78, 5) is 3.86. The van der Waals surface area contributed by atoms with E-state index in [1.54, 1.807) is 50.6 Å². The fraction of sp³-hybridized carbons (Fsp3) is 0.125. The quantitative estimate of drug-likeness (QED) is 0.380. The average molecular weight is 409 g/mol. The molecule has 1 aromatic heterocycles. The van der Waals surface area contributed by atoms with E-state index >= 15 is 0 Å². The van der Waals surface area contributed by atoms with Crippen LogP contribution in [0.2, 0.25) is 0 Å². The summed E-state index contributed by atoms with van der Waals surface area (Å²) >= 11 is 0. The third-order valence-corrected chi connectivity index (χ3v) is 4.92. The average Bonchev–Trinajstić information content (AvgIpc) is 2.77. The van der Waals surface area contributed by atoms with Crippen molar-refractivity contribution in [3.8, 4) is 33.8 Å². The summed E-state index contributed by atoms with van der Waals surface area (Å²) in [6, 6.07) is 20.8. The van der Waals surface area contributed by atoms with Crippen LogP contribution in [0.1, 0.15) is 5.69 Å². The summed E-state index contributed by atoms with van der Waals surface area (Å²) in [7, 11) is 3.13. The minimum Gasteiger partial charge on any atom is -0.497 e. The summed E-state index contributed by atoms with van der Waals surface area (Å²) in [5.74, 6) is 1.36. The maximum absolute atomic E-state index is 13.5. The lowest BCUT2D eigenvalue weighted by Crippen LogP contribution is -2.08. The number of pyridine rings is 1. The van der Waals surface area contributed by atoms with Gasteiger partial charge in [-0.3, -0.25) is 0 Å². The van der Waals surface area contributed by atoms with Gasteiger partial charge >= 0.3 is 6.18 Å². The molecule has 0 saturated heterocycles. The fourth-order valence-corrected chi connectivity index (χ4v) is 3.34. The third kappa shape index (κ3) is 3.81. The minimum absolute atomic E-state index is 0.285. The Labute approximate surface area is 171 Å².